The van der Waals surface area contributed by atoms with Crippen LogP contribution in [0.4, 0.5) is 9.80 Å². The second-order valence-electron chi connectivity index (χ2n) is 5.63. The van der Waals surface area contributed by atoms with Gasteiger partial charge in [0.2, 0.25) is 0 Å². The highest BCUT2D eigenvalue weighted by Crippen LogP contribution is 2.38. The van der Waals surface area contributed by atoms with Gasteiger partial charge < -0.3 is 19.7 Å². The molecule has 0 bridgehead atoms. The van der Waals surface area contributed by atoms with Gasteiger partial charge in [0.1, 0.15) is 5.00 Å². The normalized spacial score (nSPS) is 13.1. The predicted octanol–water partition coefficient (Wildman–Crippen LogP) is 4.02. The van der Waals surface area contributed by atoms with E-state index in [-0.39, 0.29) is 12.5 Å². The summed E-state index contributed by atoms with van der Waals surface area (Å²) in [6, 6.07) is 3.26. The average Bonchev–Trinajstić information content (AvgIpc) is 3.23. The van der Waals surface area contributed by atoms with Gasteiger partial charge in [-0.1, -0.05) is 11.6 Å². The fourth-order valence-corrected chi connectivity index (χ4v) is 4.98. The molecule has 7 nitrogen and oxygen atoms in total. The molecular weight excluding hydrogens is 412 g/mol. The number of esters is 1. The van der Waals surface area contributed by atoms with Crippen molar-refractivity contribution in [3.8, 4) is 0 Å². The number of hydrogen-bond acceptors (Lipinski definition) is 7. The van der Waals surface area contributed by atoms with E-state index < -0.39 is 12.1 Å². The first-order chi connectivity index (χ1) is 12.9. The monoisotopic (exact) mass is 428 g/mol. The number of carbonyl (C=O) groups is 3. The van der Waals surface area contributed by atoms with Gasteiger partial charge in [0.05, 0.1) is 35.0 Å². The van der Waals surface area contributed by atoms with Crippen molar-refractivity contribution < 1.29 is 23.9 Å². The Morgan fingerprint density at radius 2 is 2.07 bits per heavy atom. The van der Waals surface area contributed by atoms with Crippen LogP contribution < -0.4 is 5.32 Å². The molecule has 2 aromatic heterocycles. The molecule has 1 aliphatic rings. The Bertz CT molecular complexity index is 892. The summed E-state index contributed by atoms with van der Waals surface area (Å²) in [5.74, 6) is -0.832. The third-order valence-corrected chi connectivity index (χ3v) is 6.36. The number of nitrogens with one attached hydrogen (secondary N) is 1. The quantitative estimate of drug-likeness (QED) is 0.743. The number of halogens is 1. The molecular formula is C17H17ClN2O5S2. The Hall–Kier alpha value is -2.10. The summed E-state index contributed by atoms with van der Waals surface area (Å²) < 4.78 is 10.4. The summed E-state index contributed by atoms with van der Waals surface area (Å²) in [6.07, 6.45) is 0.0565. The highest BCUT2D eigenvalue weighted by molar-refractivity contribution is 7.18. The van der Waals surface area contributed by atoms with E-state index in [0.717, 1.165) is 21.8 Å². The summed E-state index contributed by atoms with van der Waals surface area (Å²) in [6.45, 7) is 2.70. The number of ether oxygens (including phenoxy) is 2. The van der Waals surface area contributed by atoms with Gasteiger partial charge in [0.25, 0.3) is 5.91 Å². The molecule has 0 saturated heterocycles. The van der Waals surface area contributed by atoms with Crippen LogP contribution in [-0.2, 0) is 22.4 Å². The van der Waals surface area contributed by atoms with E-state index in [1.807, 2.05) is 0 Å². The van der Waals surface area contributed by atoms with E-state index >= 15 is 0 Å². The van der Waals surface area contributed by atoms with E-state index in [0.29, 0.717) is 39.3 Å². The van der Waals surface area contributed by atoms with Gasteiger partial charge in [0.15, 0.2) is 0 Å². The molecule has 0 aliphatic carbocycles. The Labute approximate surface area is 168 Å². The molecule has 0 aromatic carbocycles. The molecule has 1 aliphatic heterocycles. The lowest BCUT2D eigenvalue weighted by atomic mass is 10.0. The van der Waals surface area contributed by atoms with Crippen molar-refractivity contribution in [2.24, 2.45) is 0 Å². The van der Waals surface area contributed by atoms with Crippen molar-refractivity contribution in [3.05, 3.63) is 37.4 Å². The molecule has 0 spiro atoms. The summed E-state index contributed by atoms with van der Waals surface area (Å²) in [5.41, 5.74) is 1.16. The molecule has 144 valence electrons. The first-order valence-corrected chi connectivity index (χ1v) is 10.2. The van der Waals surface area contributed by atoms with Crippen molar-refractivity contribution in [2.45, 2.75) is 19.9 Å². The van der Waals surface area contributed by atoms with E-state index in [1.54, 1.807) is 24.0 Å². The van der Waals surface area contributed by atoms with Crippen LogP contribution in [0.5, 0.6) is 0 Å². The average molecular weight is 429 g/mol. The molecule has 2 aromatic rings. The van der Waals surface area contributed by atoms with Crippen molar-refractivity contribution in [1.82, 2.24) is 4.90 Å². The number of anilines is 1. The van der Waals surface area contributed by atoms with Crippen LogP contribution in [0.15, 0.2) is 12.1 Å². The summed E-state index contributed by atoms with van der Waals surface area (Å²) in [4.78, 5) is 39.6. The van der Waals surface area contributed by atoms with Crippen LogP contribution in [0.3, 0.4) is 0 Å². The van der Waals surface area contributed by atoms with Gasteiger partial charge in [-0.15, -0.1) is 22.7 Å². The molecule has 0 fully saturated rings. The Morgan fingerprint density at radius 3 is 2.70 bits per heavy atom. The number of thiophene rings is 2. The Balaban J connectivity index is 1.93. The third kappa shape index (κ3) is 4.10. The zero-order valence-electron chi connectivity index (χ0n) is 14.7. The first-order valence-electron chi connectivity index (χ1n) is 8.15. The second kappa shape index (κ2) is 8.28. The highest BCUT2D eigenvalue weighted by Gasteiger charge is 2.31. The van der Waals surface area contributed by atoms with Crippen LogP contribution in [-0.4, -0.2) is 43.1 Å². The van der Waals surface area contributed by atoms with Crippen molar-refractivity contribution in [3.63, 3.8) is 0 Å². The molecule has 3 heterocycles. The minimum Gasteiger partial charge on any atom is -0.462 e. The van der Waals surface area contributed by atoms with E-state index in [1.165, 1.54) is 18.4 Å². The van der Waals surface area contributed by atoms with Crippen LogP contribution in [0.1, 0.15) is 37.4 Å². The number of nitrogens with zero attached hydrogens (tertiary/aromatic N) is 1. The van der Waals surface area contributed by atoms with E-state index in [4.69, 9.17) is 21.1 Å². The smallest absolute Gasteiger partial charge is 0.409 e. The first kappa shape index (κ1) is 19.7. The molecule has 1 N–H and O–H groups in total. The third-order valence-electron chi connectivity index (χ3n) is 3.99. The summed E-state index contributed by atoms with van der Waals surface area (Å²) in [5, 5.41) is 3.21. The molecule has 0 saturated carbocycles. The molecule has 10 heteroatoms. The molecule has 0 atom stereocenters. The lowest BCUT2D eigenvalue weighted by molar-refractivity contribution is 0.0526. The molecule has 3 rings (SSSR count). The summed E-state index contributed by atoms with van der Waals surface area (Å²) in [7, 11) is 1.33. The fourth-order valence-electron chi connectivity index (χ4n) is 2.80. The van der Waals surface area contributed by atoms with Crippen LogP contribution in [0.25, 0.3) is 0 Å². The lowest BCUT2D eigenvalue weighted by Gasteiger charge is -2.25. The van der Waals surface area contributed by atoms with E-state index in [9.17, 15) is 14.4 Å². The van der Waals surface area contributed by atoms with Gasteiger partial charge >= 0.3 is 12.1 Å². The number of fused-ring (bicyclic) bond motifs is 1. The van der Waals surface area contributed by atoms with Crippen molar-refractivity contribution in [1.29, 1.82) is 0 Å². The van der Waals surface area contributed by atoms with Crippen molar-refractivity contribution in [2.75, 3.05) is 25.6 Å². The number of rotatable bonds is 4. The van der Waals surface area contributed by atoms with Gasteiger partial charge in [-0.2, -0.15) is 0 Å². The molecule has 27 heavy (non-hydrogen) atoms. The lowest BCUT2D eigenvalue weighted by Crippen LogP contribution is -2.35. The van der Waals surface area contributed by atoms with Gasteiger partial charge in [-0.25, -0.2) is 9.59 Å². The maximum Gasteiger partial charge on any atom is 0.409 e. The highest BCUT2D eigenvalue weighted by atomic mass is 35.5. The topological polar surface area (TPSA) is 84.9 Å². The van der Waals surface area contributed by atoms with Crippen LogP contribution >= 0.6 is 34.3 Å². The minimum absolute atomic E-state index is 0.228. The molecule has 0 radical (unpaired) electrons. The van der Waals surface area contributed by atoms with Crippen LogP contribution in [0.2, 0.25) is 4.34 Å². The Morgan fingerprint density at radius 1 is 1.30 bits per heavy atom. The fraction of sp³-hybridized carbons (Fsp3) is 0.353. The molecule has 2 amide bonds. The van der Waals surface area contributed by atoms with Gasteiger partial charge in [-0.05, 0) is 31.0 Å². The largest absolute Gasteiger partial charge is 0.462 e. The summed E-state index contributed by atoms with van der Waals surface area (Å²) >= 11 is 8.31. The number of methoxy groups -OCH3 is 1. The number of amides is 2. The molecule has 0 unspecified atom stereocenters. The van der Waals surface area contributed by atoms with Gasteiger partial charge in [-0.3, -0.25) is 4.79 Å². The zero-order chi connectivity index (χ0) is 19.6. The SMILES string of the molecule is CCOC(=O)c1c(NC(=O)c2ccc(Cl)s2)sc2c1CCN(C(=O)OC)C2. The van der Waals surface area contributed by atoms with Crippen molar-refractivity contribution >= 4 is 57.2 Å². The maximum absolute atomic E-state index is 12.5. The van der Waals surface area contributed by atoms with Gasteiger partial charge in [0, 0.05) is 11.4 Å². The minimum atomic E-state index is -0.485. The predicted molar refractivity (Wildman–Crippen MR) is 104 cm³/mol. The Kier molecular flexibility index (Phi) is 6.03. The zero-order valence-corrected chi connectivity index (χ0v) is 17.1. The maximum atomic E-state index is 12.5. The second-order valence-corrected chi connectivity index (χ2v) is 8.45. The van der Waals surface area contributed by atoms with Crippen LogP contribution in [0, 0.1) is 0 Å². The number of hydrogen-bond donors (Lipinski definition) is 1. The number of carbonyl (C=O) groups excluding carboxylic acids is 3. The standard InChI is InChI=1S/C17H17ClN2O5S2/c1-3-25-16(22)13-9-6-7-20(17(23)24-2)8-11(9)27-15(13)19-14(21)10-4-5-12(18)26-10/h4-5H,3,6-8H2,1-2H3,(H,19,21). The van der Waals surface area contributed by atoms with E-state index in [2.05, 4.69) is 5.32 Å².